The molecule has 8 heteroatoms. The van der Waals surface area contributed by atoms with Crippen LogP contribution in [0.4, 0.5) is 20.8 Å². The molecule has 0 aliphatic carbocycles. The average Bonchev–Trinajstić information content (AvgIpc) is 2.37. The highest BCUT2D eigenvalue weighted by Crippen LogP contribution is 2.24. The van der Waals surface area contributed by atoms with Crippen molar-refractivity contribution in [1.29, 1.82) is 0 Å². The van der Waals surface area contributed by atoms with E-state index in [9.17, 15) is 9.18 Å². The van der Waals surface area contributed by atoms with Gasteiger partial charge in [-0.1, -0.05) is 17.7 Å². The third-order valence-corrected chi connectivity index (χ3v) is 2.77. The lowest BCUT2D eigenvalue weighted by molar-refractivity contribution is 0.262. The molecule has 1 aromatic heterocycles. The van der Waals surface area contributed by atoms with Crippen LogP contribution in [0.3, 0.4) is 0 Å². The fraction of sp³-hybridized carbons (Fsp3) is 0. The Morgan fingerprint density at radius 1 is 1.26 bits per heavy atom. The number of hydrogen-bond donors (Lipinski definition) is 2. The number of nitrogens with one attached hydrogen (secondary N) is 2. The Bertz CT molecular complexity index is 588. The number of para-hydroxylation sites is 1. The van der Waals surface area contributed by atoms with Crippen molar-refractivity contribution < 1.29 is 9.18 Å². The first-order chi connectivity index (χ1) is 9.06. The second kappa shape index (κ2) is 5.94. The molecule has 19 heavy (non-hydrogen) atoms. The van der Waals surface area contributed by atoms with E-state index in [-0.39, 0.29) is 16.7 Å². The number of rotatable bonds is 2. The van der Waals surface area contributed by atoms with Gasteiger partial charge in [0, 0.05) is 12.4 Å². The highest BCUT2D eigenvalue weighted by Gasteiger charge is 2.11. The molecular weight excluding hydrogens is 339 g/mol. The Kier molecular flexibility index (Phi) is 4.28. The van der Waals surface area contributed by atoms with E-state index < -0.39 is 11.8 Å². The summed E-state index contributed by atoms with van der Waals surface area (Å²) in [5, 5.41) is 4.75. The van der Waals surface area contributed by atoms with Crippen molar-refractivity contribution in [2.24, 2.45) is 0 Å². The van der Waals surface area contributed by atoms with Gasteiger partial charge in [-0.2, -0.15) is 0 Å². The third kappa shape index (κ3) is 3.62. The Hall–Kier alpha value is -1.73. The van der Waals surface area contributed by atoms with Crippen LogP contribution in [0.2, 0.25) is 5.02 Å². The zero-order valence-corrected chi connectivity index (χ0v) is 11.7. The summed E-state index contributed by atoms with van der Waals surface area (Å²) in [5.74, 6) is -0.535. The molecule has 98 valence electrons. The molecule has 0 saturated carbocycles. The normalized spacial score (nSPS) is 10.1. The van der Waals surface area contributed by atoms with E-state index in [2.05, 4.69) is 36.5 Å². The number of hydrogen-bond acceptors (Lipinski definition) is 3. The van der Waals surface area contributed by atoms with Gasteiger partial charge in [0.15, 0.2) is 0 Å². The first-order valence-corrected chi connectivity index (χ1v) is 6.23. The molecule has 0 unspecified atom stereocenters. The molecule has 0 aliphatic rings. The monoisotopic (exact) mass is 344 g/mol. The number of aromatic nitrogens is 2. The number of carbonyl (C=O) groups excluding carboxylic acids is 1. The zero-order valence-electron chi connectivity index (χ0n) is 9.32. The first-order valence-electron chi connectivity index (χ1n) is 5.06. The van der Waals surface area contributed by atoms with Crippen molar-refractivity contribution in [1.82, 2.24) is 9.97 Å². The lowest BCUT2D eigenvalue weighted by Gasteiger charge is -2.08. The predicted octanol–water partition coefficient (Wildman–Crippen LogP) is 3.68. The summed E-state index contributed by atoms with van der Waals surface area (Å²) < 4.78 is 14.1. The summed E-state index contributed by atoms with van der Waals surface area (Å²) in [5.41, 5.74) is -0.0984. The smallest absolute Gasteiger partial charge is 0.304 e. The number of carbonyl (C=O) groups is 1. The van der Waals surface area contributed by atoms with Crippen LogP contribution < -0.4 is 10.6 Å². The molecule has 2 amide bonds. The standard InChI is InChI=1S/C11H7BrClFN4O/c12-6-4-15-10(16-5-6)18-11(19)17-9-7(13)2-1-3-8(9)14/h1-5H,(H2,15,16,17,18,19). The van der Waals surface area contributed by atoms with Crippen LogP contribution >= 0.6 is 27.5 Å². The lowest BCUT2D eigenvalue weighted by Crippen LogP contribution is -2.21. The molecule has 0 spiro atoms. The van der Waals surface area contributed by atoms with E-state index in [1.54, 1.807) is 0 Å². The number of anilines is 2. The van der Waals surface area contributed by atoms with E-state index in [4.69, 9.17) is 11.6 Å². The van der Waals surface area contributed by atoms with Crippen molar-refractivity contribution >= 4 is 45.2 Å². The van der Waals surface area contributed by atoms with E-state index in [1.165, 1.54) is 30.6 Å². The summed E-state index contributed by atoms with van der Waals surface area (Å²) in [6.45, 7) is 0. The topological polar surface area (TPSA) is 66.9 Å². The maximum absolute atomic E-state index is 13.4. The number of urea groups is 1. The highest BCUT2D eigenvalue weighted by atomic mass is 79.9. The number of benzene rings is 1. The van der Waals surface area contributed by atoms with Gasteiger partial charge >= 0.3 is 6.03 Å². The highest BCUT2D eigenvalue weighted by molar-refractivity contribution is 9.10. The Labute approximate surface area is 121 Å². The minimum absolute atomic E-state index is 0.0909. The number of amides is 2. The van der Waals surface area contributed by atoms with Crippen molar-refractivity contribution in [3.63, 3.8) is 0 Å². The molecule has 2 rings (SSSR count). The molecule has 2 N–H and O–H groups in total. The summed E-state index contributed by atoms with van der Waals surface area (Å²) in [6.07, 6.45) is 2.94. The molecule has 0 bridgehead atoms. The van der Waals surface area contributed by atoms with Gasteiger partial charge < -0.3 is 5.32 Å². The Balaban J connectivity index is 2.07. The number of halogens is 3. The molecule has 1 aromatic carbocycles. The van der Waals surface area contributed by atoms with Crippen molar-refractivity contribution in [2.75, 3.05) is 10.6 Å². The zero-order chi connectivity index (χ0) is 13.8. The van der Waals surface area contributed by atoms with Gasteiger partial charge in [-0.15, -0.1) is 0 Å². The molecule has 0 atom stereocenters. The molecule has 5 nitrogen and oxygen atoms in total. The third-order valence-electron chi connectivity index (χ3n) is 2.05. The fourth-order valence-electron chi connectivity index (χ4n) is 1.24. The van der Waals surface area contributed by atoms with E-state index in [1.807, 2.05) is 0 Å². The summed E-state index contributed by atoms with van der Waals surface area (Å²) in [6, 6.07) is 3.42. The minimum atomic E-state index is -0.686. The van der Waals surface area contributed by atoms with Gasteiger partial charge in [0.25, 0.3) is 0 Å². The van der Waals surface area contributed by atoms with Gasteiger partial charge in [-0.05, 0) is 28.1 Å². The SMILES string of the molecule is O=C(Nc1ncc(Br)cn1)Nc1c(F)cccc1Cl. The van der Waals surface area contributed by atoms with Crippen molar-refractivity contribution in [2.45, 2.75) is 0 Å². The van der Waals surface area contributed by atoms with Crippen LogP contribution in [0.25, 0.3) is 0 Å². The second-order valence-electron chi connectivity index (χ2n) is 3.40. The largest absolute Gasteiger partial charge is 0.326 e. The predicted molar refractivity (Wildman–Crippen MR) is 73.8 cm³/mol. The van der Waals surface area contributed by atoms with E-state index in [0.717, 1.165) is 0 Å². The van der Waals surface area contributed by atoms with Crippen LogP contribution in [0.15, 0.2) is 35.1 Å². The van der Waals surface area contributed by atoms with Gasteiger partial charge in [0.05, 0.1) is 15.2 Å². The molecule has 0 saturated heterocycles. The van der Waals surface area contributed by atoms with Crippen LogP contribution in [-0.2, 0) is 0 Å². The van der Waals surface area contributed by atoms with Crippen LogP contribution in [0, 0.1) is 5.82 Å². The average molecular weight is 346 g/mol. The first kappa shape index (κ1) is 13.7. The molecule has 0 radical (unpaired) electrons. The molecule has 0 fully saturated rings. The summed E-state index contributed by atoms with van der Waals surface area (Å²) in [4.78, 5) is 19.3. The van der Waals surface area contributed by atoms with E-state index in [0.29, 0.717) is 4.47 Å². The quantitative estimate of drug-likeness (QED) is 0.872. The lowest BCUT2D eigenvalue weighted by atomic mass is 10.3. The van der Waals surface area contributed by atoms with Gasteiger partial charge in [-0.3, -0.25) is 5.32 Å². The molecular formula is C11H7BrClFN4O. The maximum Gasteiger partial charge on any atom is 0.326 e. The van der Waals surface area contributed by atoms with E-state index >= 15 is 0 Å². The summed E-state index contributed by atoms with van der Waals surface area (Å²) >= 11 is 8.94. The van der Waals surface area contributed by atoms with Gasteiger partial charge in [0.1, 0.15) is 5.82 Å². The van der Waals surface area contributed by atoms with Gasteiger partial charge in [-0.25, -0.2) is 19.2 Å². The Morgan fingerprint density at radius 3 is 2.58 bits per heavy atom. The molecule has 2 aromatic rings. The molecule has 1 heterocycles. The Morgan fingerprint density at radius 2 is 1.95 bits per heavy atom. The second-order valence-corrected chi connectivity index (χ2v) is 4.72. The van der Waals surface area contributed by atoms with Crippen molar-refractivity contribution in [3.8, 4) is 0 Å². The number of nitrogens with zero attached hydrogens (tertiary/aromatic N) is 2. The maximum atomic E-state index is 13.4. The summed E-state index contributed by atoms with van der Waals surface area (Å²) in [7, 11) is 0. The minimum Gasteiger partial charge on any atom is -0.304 e. The fourth-order valence-corrected chi connectivity index (χ4v) is 1.66. The van der Waals surface area contributed by atoms with Crippen molar-refractivity contribution in [3.05, 3.63) is 45.9 Å². The molecule has 0 aliphatic heterocycles. The van der Waals surface area contributed by atoms with Crippen LogP contribution in [0.1, 0.15) is 0 Å². The van der Waals surface area contributed by atoms with Crippen LogP contribution in [0.5, 0.6) is 0 Å². The van der Waals surface area contributed by atoms with Crippen LogP contribution in [-0.4, -0.2) is 16.0 Å². The van der Waals surface area contributed by atoms with Gasteiger partial charge in [0.2, 0.25) is 5.95 Å².